The normalized spacial score (nSPS) is 32.6. The molecule has 0 aliphatic heterocycles. The average molecular weight is 260 g/mol. The summed E-state index contributed by atoms with van der Waals surface area (Å²) in [6.07, 6.45) is 7.95. The quantitative estimate of drug-likeness (QED) is 0.846. The maximum Gasteiger partial charge on any atom is 0.308 e. The summed E-state index contributed by atoms with van der Waals surface area (Å²) < 4.78 is 0. The number of nitrogens with one attached hydrogen (secondary N) is 1. The van der Waals surface area contributed by atoms with E-state index >= 15 is 0 Å². The molecule has 1 heterocycles. The molecular weight excluding hydrogens is 240 g/mol. The predicted molar refractivity (Wildman–Crippen MR) is 71.7 cm³/mol. The minimum atomic E-state index is -0.619. The number of carbonyl (C=O) groups is 1. The maximum atomic E-state index is 11.4. The number of hydrogen-bond acceptors (Lipinski definition) is 3. The van der Waals surface area contributed by atoms with Crippen molar-refractivity contribution >= 4 is 5.97 Å². The lowest BCUT2D eigenvalue weighted by molar-refractivity contribution is -0.144. The van der Waals surface area contributed by atoms with E-state index in [1.54, 1.807) is 6.20 Å². The first-order valence-electron chi connectivity index (χ1n) is 7.11. The first-order chi connectivity index (χ1) is 9.25. The number of aromatic nitrogens is 1. The number of fused-ring (bicyclic) bond motifs is 2. The Hall–Kier alpha value is -1.42. The maximum absolute atomic E-state index is 11.4. The lowest BCUT2D eigenvalue weighted by atomic mass is 9.84. The molecule has 2 N–H and O–H groups in total. The van der Waals surface area contributed by atoms with Gasteiger partial charge in [-0.1, -0.05) is 6.07 Å². The molecule has 2 bridgehead atoms. The molecule has 3 rings (SSSR count). The van der Waals surface area contributed by atoms with Crippen molar-refractivity contribution in [2.75, 3.05) is 6.54 Å². The summed E-state index contributed by atoms with van der Waals surface area (Å²) in [4.78, 5) is 15.5. The lowest BCUT2D eigenvalue weighted by Crippen LogP contribution is -2.44. The van der Waals surface area contributed by atoms with Gasteiger partial charge in [-0.05, 0) is 55.7 Å². The zero-order chi connectivity index (χ0) is 13.2. The van der Waals surface area contributed by atoms with Gasteiger partial charge >= 0.3 is 5.97 Å². The van der Waals surface area contributed by atoms with Crippen LogP contribution >= 0.6 is 0 Å². The number of nitrogens with zero attached hydrogens (tertiary/aromatic N) is 1. The fourth-order valence-electron chi connectivity index (χ4n) is 3.87. The van der Waals surface area contributed by atoms with Gasteiger partial charge in [-0.15, -0.1) is 0 Å². The van der Waals surface area contributed by atoms with Crippen LogP contribution in [0, 0.1) is 17.8 Å². The Bertz CT molecular complexity index is 449. The minimum absolute atomic E-state index is 0.173. The highest BCUT2D eigenvalue weighted by Gasteiger charge is 2.50. The van der Waals surface area contributed by atoms with Crippen molar-refractivity contribution < 1.29 is 9.90 Å². The first kappa shape index (κ1) is 12.6. The smallest absolute Gasteiger partial charge is 0.308 e. The molecule has 2 aliphatic carbocycles. The number of carboxylic acid groups (broad SMARTS) is 1. The van der Waals surface area contributed by atoms with E-state index in [4.69, 9.17) is 0 Å². The molecule has 4 nitrogen and oxygen atoms in total. The largest absolute Gasteiger partial charge is 0.481 e. The molecule has 0 amide bonds. The molecule has 0 radical (unpaired) electrons. The van der Waals surface area contributed by atoms with Crippen molar-refractivity contribution in [1.82, 2.24) is 10.3 Å². The zero-order valence-electron chi connectivity index (χ0n) is 11.0. The van der Waals surface area contributed by atoms with Crippen LogP contribution in [0.1, 0.15) is 24.8 Å². The molecule has 0 saturated heterocycles. The minimum Gasteiger partial charge on any atom is -0.481 e. The van der Waals surface area contributed by atoms with Crippen molar-refractivity contribution in [3.63, 3.8) is 0 Å². The molecule has 1 aromatic rings. The summed E-state index contributed by atoms with van der Waals surface area (Å²) in [6, 6.07) is 4.17. The van der Waals surface area contributed by atoms with Gasteiger partial charge in [-0.2, -0.15) is 0 Å². The molecule has 0 aromatic carbocycles. The van der Waals surface area contributed by atoms with Crippen LogP contribution in [0.4, 0.5) is 0 Å². The highest BCUT2D eigenvalue weighted by Crippen LogP contribution is 2.48. The molecular formula is C15H20N2O2. The van der Waals surface area contributed by atoms with Crippen molar-refractivity contribution in [1.29, 1.82) is 0 Å². The first-order valence-corrected chi connectivity index (χ1v) is 7.11. The van der Waals surface area contributed by atoms with Crippen molar-refractivity contribution in [3.05, 3.63) is 30.1 Å². The van der Waals surface area contributed by atoms with Crippen LogP contribution in [-0.4, -0.2) is 28.6 Å². The van der Waals surface area contributed by atoms with Crippen molar-refractivity contribution in [3.8, 4) is 0 Å². The molecule has 2 aliphatic rings. The lowest BCUT2D eigenvalue weighted by Gasteiger charge is -2.29. The van der Waals surface area contributed by atoms with Gasteiger partial charge in [0.1, 0.15) is 0 Å². The Balaban J connectivity index is 1.56. The summed E-state index contributed by atoms with van der Waals surface area (Å²) in [6.45, 7) is 0.837. The molecule has 4 unspecified atom stereocenters. The van der Waals surface area contributed by atoms with E-state index in [-0.39, 0.29) is 12.0 Å². The Morgan fingerprint density at radius 2 is 2.26 bits per heavy atom. The molecule has 19 heavy (non-hydrogen) atoms. The number of hydrogen-bond donors (Lipinski definition) is 2. The third-order valence-electron chi connectivity index (χ3n) is 4.72. The summed E-state index contributed by atoms with van der Waals surface area (Å²) in [5.74, 6) is 0.178. The standard InChI is InChI=1S/C15H20N2O2/c18-15(19)13-11-3-4-12(8-11)14(13)17-7-5-10-2-1-6-16-9-10/h1-2,6,9,11-14,17H,3-5,7-8H2,(H,18,19). The van der Waals surface area contributed by atoms with E-state index in [0.29, 0.717) is 11.8 Å². The summed E-state index contributed by atoms with van der Waals surface area (Å²) in [5.41, 5.74) is 1.20. The average Bonchev–Trinajstić information content (AvgIpc) is 3.00. The van der Waals surface area contributed by atoms with E-state index in [2.05, 4.69) is 16.4 Å². The van der Waals surface area contributed by atoms with E-state index in [9.17, 15) is 9.90 Å². The van der Waals surface area contributed by atoms with Gasteiger partial charge in [-0.3, -0.25) is 9.78 Å². The van der Waals surface area contributed by atoms with Gasteiger partial charge in [0.15, 0.2) is 0 Å². The number of pyridine rings is 1. The van der Waals surface area contributed by atoms with Crippen LogP contribution in [0.2, 0.25) is 0 Å². The van der Waals surface area contributed by atoms with Gasteiger partial charge in [-0.25, -0.2) is 0 Å². The molecule has 4 heteroatoms. The second-order valence-electron chi connectivity index (χ2n) is 5.79. The number of aliphatic carboxylic acids is 1. The monoisotopic (exact) mass is 260 g/mol. The molecule has 4 atom stereocenters. The number of rotatable bonds is 5. The van der Waals surface area contributed by atoms with Gasteiger partial charge in [0, 0.05) is 18.4 Å². The van der Waals surface area contributed by atoms with Crippen molar-refractivity contribution in [2.24, 2.45) is 17.8 Å². The highest BCUT2D eigenvalue weighted by molar-refractivity contribution is 5.72. The van der Waals surface area contributed by atoms with Crippen LogP contribution in [0.5, 0.6) is 0 Å². The van der Waals surface area contributed by atoms with Gasteiger partial charge in [0.05, 0.1) is 5.92 Å². The van der Waals surface area contributed by atoms with Gasteiger partial charge in [0.2, 0.25) is 0 Å². The van der Waals surface area contributed by atoms with Crippen LogP contribution in [0.3, 0.4) is 0 Å². The van der Waals surface area contributed by atoms with E-state index in [0.717, 1.165) is 25.8 Å². The van der Waals surface area contributed by atoms with Gasteiger partial charge < -0.3 is 10.4 Å². The van der Waals surface area contributed by atoms with E-state index < -0.39 is 5.97 Å². The molecule has 102 valence electrons. The highest BCUT2D eigenvalue weighted by atomic mass is 16.4. The molecule has 0 spiro atoms. The molecule has 2 saturated carbocycles. The van der Waals surface area contributed by atoms with Gasteiger partial charge in [0.25, 0.3) is 0 Å². The second kappa shape index (κ2) is 5.29. The number of carboxylic acids is 1. The fraction of sp³-hybridized carbons (Fsp3) is 0.600. The van der Waals surface area contributed by atoms with E-state index in [1.165, 1.54) is 12.0 Å². The molecule has 1 aromatic heterocycles. The Labute approximate surface area is 113 Å². The predicted octanol–water partition coefficient (Wildman–Crippen LogP) is 1.71. The Kier molecular flexibility index (Phi) is 3.51. The molecule has 2 fully saturated rings. The van der Waals surface area contributed by atoms with Crippen LogP contribution in [-0.2, 0) is 11.2 Å². The topological polar surface area (TPSA) is 62.2 Å². The third-order valence-corrected chi connectivity index (χ3v) is 4.72. The second-order valence-corrected chi connectivity index (χ2v) is 5.79. The van der Waals surface area contributed by atoms with Crippen LogP contribution in [0.25, 0.3) is 0 Å². The van der Waals surface area contributed by atoms with Crippen molar-refractivity contribution in [2.45, 2.75) is 31.7 Å². The Morgan fingerprint density at radius 1 is 1.42 bits per heavy atom. The van der Waals surface area contributed by atoms with Crippen LogP contribution < -0.4 is 5.32 Å². The zero-order valence-corrected chi connectivity index (χ0v) is 11.0. The summed E-state index contributed by atoms with van der Waals surface area (Å²) in [7, 11) is 0. The third kappa shape index (κ3) is 2.50. The SMILES string of the molecule is O=C(O)C1C2CCC(C2)C1NCCc1cccnc1. The summed E-state index contributed by atoms with van der Waals surface area (Å²) >= 11 is 0. The van der Waals surface area contributed by atoms with Crippen LogP contribution in [0.15, 0.2) is 24.5 Å². The summed E-state index contributed by atoms with van der Waals surface area (Å²) in [5, 5.41) is 12.9. The van der Waals surface area contributed by atoms with E-state index in [1.807, 2.05) is 12.3 Å². The fourth-order valence-corrected chi connectivity index (χ4v) is 3.87. The Morgan fingerprint density at radius 3 is 3.00 bits per heavy atom.